The molecule has 1 aromatic carbocycles. The Kier molecular flexibility index (Phi) is 6.61. The molecule has 1 aromatic rings. The van der Waals surface area contributed by atoms with Gasteiger partial charge in [-0.2, -0.15) is 0 Å². The van der Waals surface area contributed by atoms with E-state index in [1.807, 2.05) is 19.1 Å². The Morgan fingerprint density at radius 2 is 2.05 bits per heavy atom. The highest BCUT2D eigenvalue weighted by Gasteiger charge is 2.04. The van der Waals surface area contributed by atoms with Crippen molar-refractivity contribution in [3.05, 3.63) is 35.4 Å². The normalized spacial score (nSPS) is 14.8. The molecule has 116 valence electrons. The quantitative estimate of drug-likeness (QED) is 0.436. The van der Waals surface area contributed by atoms with Gasteiger partial charge in [0.15, 0.2) is 0 Å². The van der Waals surface area contributed by atoms with Crippen molar-refractivity contribution in [2.24, 2.45) is 0 Å². The van der Waals surface area contributed by atoms with Crippen molar-refractivity contribution in [1.82, 2.24) is 5.32 Å². The molecule has 3 N–H and O–H groups in total. The molecule has 1 aliphatic rings. The predicted octanol–water partition coefficient (Wildman–Crippen LogP) is 3.69. The number of rotatable bonds is 8. The van der Waals surface area contributed by atoms with E-state index in [4.69, 9.17) is 10.5 Å². The fourth-order valence-electron chi connectivity index (χ4n) is 2.78. The first-order valence-corrected chi connectivity index (χ1v) is 8.19. The number of nitrogens with one attached hydrogen (secondary N) is 1. The highest BCUT2D eigenvalue weighted by atomic mass is 16.5. The van der Waals surface area contributed by atoms with Gasteiger partial charge in [-0.25, -0.2) is 0 Å². The van der Waals surface area contributed by atoms with Gasteiger partial charge in [0.25, 0.3) is 0 Å². The number of anilines is 1. The Balaban J connectivity index is 1.66. The monoisotopic (exact) mass is 288 g/mol. The zero-order valence-electron chi connectivity index (χ0n) is 13.2. The molecular weight excluding hydrogens is 260 g/mol. The summed E-state index contributed by atoms with van der Waals surface area (Å²) in [6, 6.07) is 6.10. The fourth-order valence-corrected chi connectivity index (χ4v) is 2.78. The van der Waals surface area contributed by atoms with Crippen molar-refractivity contribution in [1.29, 1.82) is 0 Å². The number of nitrogen functional groups attached to an aromatic ring is 1. The Morgan fingerprint density at radius 3 is 2.76 bits per heavy atom. The average molecular weight is 288 g/mol. The molecule has 0 atom stereocenters. The van der Waals surface area contributed by atoms with Crippen LogP contribution in [-0.2, 0) is 6.42 Å². The smallest absolute Gasteiger partial charge is 0.142 e. The molecule has 3 nitrogen and oxygen atoms in total. The van der Waals surface area contributed by atoms with E-state index in [-0.39, 0.29) is 0 Å². The van der Waals surface area contributed by atoms with Crippen LogP contribution in [0.3, 0.4) is 0 Å². The first-order valence-electron chi connectivity index (χ1n) is 8.19. The minimum atomic E-state index is 0.654. The standard InChI is InChI=1S/C18H28N2O/c1-2-21-18-9-8-16(14-17(18)19)11-13-20-12-10-15-6-4-3-5-7-15/h6,8-9,14,20H,2-5,7,10-13,19H2,1H3. The Hall–Kier alpha value is -1.48. The first kappa shape index (κ1) is 15.9. The second-order valence-corrected chi connectivity index (χ2v) is 5.66. The third-order valence-electron chi connectivity index (χ3n) is 3.97. The summed E-state index contributed by atoms with van der Waals surface area (Å²) in [6.45, 7) is 4.71. The summed E-state index contributed by atoms with van der Waals surface area (Å²) >= 11 is 0. The summed E-state index contributed by atoms with van der Waals surface area (Å²) in [5.74, 6) is 0.790. The SMILES string of the molecule is CCOc1ccc(CCNCCC2=CCCCC2)cc1N. The van der Waals surface area contributed by atoms with Gasteiger partial charge in [0.2, 0.25) is 0 Å². The summed E-state index contributed by atoms with van der Waals surface area (Å²) in [5.41, 5.74) is 9.62. The van der Waals surface area contributed by atoms with Crippen LogP contribution < -0.4 is 15.8 Å². The maximum absolute atomic E-state index is 5.98. The van der Waals surface area contributed by atoms with Gasteiger partial charge in [0.1, 0.15) is 5.75 Å². The van der Waals surface area contributed by atoms with E-state index >= 15 is 0 Å². The van der Waals surface area contributed by atoms with E-state index < -0.39 is 0 Å². The van der Waals surface area contributed by atoms with E-state index in [1.165, 1.54) is 37.7 Å². The van der Waals surface area contributed by atoms with Crippen LogP contribution in [0.15, 0.2) is 29.8 Å². The molecule has 0 fully saturated rings. The van der Waals surface area contributed by atoms with Crippen molar-refractivity contribution in [3.63, 3.8) is 0 Å². The summed E-state index contributed by atoms with van der Waals surface area (Å²) in [4.78, 5) is 0. The lowest BCUT2D eigenvalue weighted by Gasteiger charge is -2.13. The van der Waals surface area contributed by atoms with E-state index in [9.17, 15) is 0 Å². The number of hydrogen-bond acceptors (Lipinski definition) is 3. The van der Waals surface area contributed by atoms with Crippen LogP contribution in [-0.4, -0.2) is 19.7 Å². The van der Waals surface area contributed by atoms with Gasteiger partial charge < -0.3 is 15.8 Å². The van der Waals surface area contributed by atoms with Crippen molar-refractivity contribution < 1.29 is 4.74 Å². The maximum atomic E-state index is 5.98. The number of ether oxygens (including phenoxy) is 1. The molecule has 0 saturated heterocycles. The van der Waals surface area contributed by atoms with Crippen molar-refractivity contribution in [3.8, 4) is 5.75 Å². The van der Waals surface area contributed by atoms with Crippen LogP contribution in [0.4, 0.5) is 5.69 Å². The van der Waals surface area contributed by atoms with E-state index in [0.29, 0.717) is 6.61 Å². The summed E-state index contributed by atoms with van der Waals surface area (Å²) in [7, 11) is 0. The topological polar surface area (TPSA) is 47.3 Å². The molecule has 0 unspecified atom stereocenters. The Labute approximate surface area is 128 Å². The molecule has 0 radical (unpaired) electrons. The third kappa shape index (κ3) is 5.43. The molecule has 0 heterocycles. The molecule has 0 aliphatic heterocycles. The second-order valence-electron chi connectivity index (χ2n) is 5.66. The minimum Gasteiger partial charge on any atom is -0.492 e. The van der Waals surface area contributed by atoms with Crippen LogP contribution in [0.5, 0.6) is 5.75 Å². The Bertz CT molecular complexity index is 468. The van der Waals surface area contributed by atoms with Crippen molar-refractivity contribution >= 4 is 5.69 Å². The molecule has 0 amide bonds. The van der Waals surface area contributed by atoms with Gasteiger partial charge in [0, 0.05) is 0 Å². The largest absolute Gasteiger partial charge is 0.492 e. The number of benzene rings is 1. The molecule has 2 rings (SSSR count). The van der Waals surface area contributed by atoms with Crippen LogP contribution in [0.1, 0.15) is 44.6 Å². The van der Waals surface area contributed by atoms with Crippen molar-refractivity contribution in [2.75, 3.05) is 25.4 Å². The number of hydrogen-bond donors (Lipinski definition) is 2. The van der Waals surface area contributed by atoms with Crippen LogP contribution in [0.2, 0.25) is 0 Å². The lowest BCUT2D eigenvalue weighted by Crippen LogP contribution is -2.19. The molecule has 3 heteroatoms. The first-order chi connectivity index (χ1) is 10.3. The second kappa shape index (κ2) is 8.73. The third-order valence-corrected chi connectivity index (χ3v) is 3.97. The van der Waals surface area contributed by atoms with Crippen LogP contribution in [0.25, 0.3) is 0 Å². The van der Waals surface area contributed by atoms with Gasteiger partial charge in [-0.05, 0) is 76.2 Å². The summed E-state index contributed by atoms with van der Waals surface area (Å²) in [5, 5.41) is 3.53. The highest BCUT2D eigenvalue weighted by Crippen LogP contribution is 2.22. The summed E-state index contributed by atoms with van der Waals surface area (Å²) in [6.07, 6.45) is 9.96. The molecule has 0 spiro atoms. The molecule has 1 aliphatic carbocycles. The zero-order chi connectivity index (χ0) is 14.9. The predicted molar refractivity (Wildman–Crippen MR) is 89.8 cm³/mol. The van der Waals surface area contributed by atoms with Crippen LogP contribution in [0, 0.1) is 0 Å². The lowest BCUT2D eigenvalue weighted by atomic mass is 9.97. The van der Waals surface area contributed by atoms with Gasteiger partial charge in [-0.15, -0.1) is 0 Å². The average Bonchev–Trinajstić information content (AvgIpc) is 2.51. The Morgan fingerprint density at radius 1 is 1.19 bits per heavy atom. The minimum absolute atomic E-state index is 0.654. The zero-order valence-corrected chi connectivity index (χ0v) is 13.2. The molecular formula is C18H28N2O. The molecule has 0 saturated carbocycles. The molecule has 0 aromatic heterocycles. The number of nitrogens with two attached hydrogens (primary N) is 1. The van der Waals surface area contributed by atoms with Crippen LogP contribution >= 0.6 is 0 Å². The van der Waals surface area contributed by atoms with E-state index in [2.05, 4.69) is 17.5 Å². The molecule has 0 bridgehead atoms. The summed E-state index contributed by atoms with van der Waals surface area (Å²) < 4.78 is 5.45. The van der Waals surface area contributed by atoms with Gasteiger partial charge >= 0.3 is 0 Å². The number of allylic oxidation sites excluding steroid dienone is 1. The van der Waals surface area contributed by atoms with E-state index in [1.54, 1.807) is 5.57 Å². The van der Waals surface area contributed by atoms with Gasteiger partial charge in [0.05, 0.1) is 12.3 Å². The lowest BCUT2D eigenvalue weighted by molar-refractivity contribution is 0.342. The van der Waals surface area contributed by atoms with E-state index in [0.717, 1.165) is 30.9 Å². The fraction of sp³-hybridized carbons (Fsp3) is 0.556. The highest BCUT2D eigenvalue weighted by molar-refractivity contribution is 5.54. The maximum Gasteiger partial charge on any atom is 0.142 e. The molecule has 21 heavy (non-hydrogen) atoms. The van der Waals surface area contributed by atoms with Gasteiger partial charge in [-0.3, -0.25) is 0 Å². The van der Waals surface area contributed by atoms with Crippen molar-refractivity contribution in [2.45, 2.75) is 45.4 Å². The van der Waals surface area contributed by atoms with Gasteiger partial charge in [-0.1, -0.05) is 17.7 Å².